The first kappa shape index (κ1) is 21.9. The molecule has 0 aliphatic rings. The van der Waals surface area contributed by atoms with E-state index in [1.165, 1.54) is 18.5 Å². The molecule has 33 heavy (non-hydrogen) atoms. The molecule has 1 atom stereocenters. The molecule has 9 nitrogen and oxygen atoms in total. The molecule has 0 aliphatic heterocycles. The quantitative estimate of drug-likeness (QED) is 0.240. The summed E-state index contributed by atoms with van der Waals surface area (Å²) in [5, 5.41) is 9.37. The minimum absolute atomic E-state index is 0.142. The van der Waals surface area contributed by atoms with Gasteiger partial charge >= 0.3 is 0 Å². The summed E-state index contributed by atoms with van der Waals surface area (Å²) in [6, 6.07) is 13.9. The van der Waals surface area contributed by atoms with Gasteiger partial charge in [0.1, 0.15) is 5.82 Å². The predicted octanol–water partition coefficient (Wildman–Crippen LogP) is 2.53. The molecule has 0 bridgehead atoms. The first-order valence-electron chi connectivity index (χ1n) is 9.67. The summed E-state index contributed by atoms with van der Waals surface area (Å²) in [7, 11) is 0.0766. The molecule has 1 unspecified atom stereocenters. The minimum Gasteiger partial charge on any atom is -0.339 e. The van der Waals surface area contributed by atoms with E-state index in [0.717, 1.165) is 11.1 Å². The second-order valence-electron chi connectivity index (χ2n) is 6.88. The Bertz CT molecular complexity index is 1370. The molecule has 0 saturated carbocycles. The van der Waals surface area contributed by atoms with Gasteiger partial charge in [-0.05, 0) is 36.4 Å². The number of benzene rings is 1. The molecule has 3 aromatic heterocycles. The van der Waals surface area contributed by atoms with E-state index in [-0.39, 0.29) is 11.4 Å². The Balaban J connectivity index is 1.62. The van der Waals surface area contributed by atoms with Crippen LogP contribution in [-0.4, -0.2) is 34.8 Å². The third-order valence-corrected chi connectivity index (χ3v) is 5.44. The van der Waals surface area contributed by atoms with Crippen LogP contribution in [0.5, 0.6) is 0 Å². The molecule has 0 fully saturated rings. The van der Waals surface area contributed by atoms with Crippen LogP contribution in [0, 0.1) is 11.8 Å². The van der Waals surface area contributed by atoms with Gasteiger partial charge in [-0.2, -0.15) is 0 Å². The molecule has 0 saturated heterocycles. The van der Waals surface area contributed by atoms with Crippen LogP contribution in [0.4, 0.5) is 5.82 Å². The van der Waals surface area contributed by atoms with Gasteiger partial charge in [0.05, 0.1) is 12.0 Å². The van der Waals surface area contributed by atoms with Crippen molar-refractivity contribution in [3.05, 3.63) is 90.1 Å². The van der Waals surface area contributed by atoms with Crippen LogP contribution in [0.25, 0.3) is 11.3 Å². The van der Waals surface area contributed by atoms with Gasteiger partial charge in [0, 0.05) is 47.9 Å². The lowest BCUT2D eigenvalue weighted by Crippen LogP contribution is -2.19. The maximum absolute atomic E-state index is 12.6. The van der Waals surface area contributed by atoms with Crippen LogP contribution in [0.2, 0.25) is 0 Å². The Morgan fingerprint density at radius 2 is 1.91 bits per heavy atom. The number of carbonyl (C=O) groups excluding carboxylic acids is 1. The number of amides is 1. The van der Waals surface area contributed by atoms with Crippen molar-refractivity contribution in [1.82, 2.24) is 25.0 Å². The summed E-state index contributed by atoms with van der Waals surface area (Å²) in [5.74, 6) is 5.58. The van der Waals surface area contributed by atoms with Crippen LogP contribution >= 0.6 is 0 Å². The number of imidazole rings is 1. The molecule has 0 aliphatic carbocycles. The van der Waals surface area contributed by atoms with E-state index in [9.17, 15) is 9.00 Å². The molecule has 4 aromatic rings. The summed E-state index contributed by atoms with van der Waals surface area (Å²) in [6.07, 6.45) is 6.52. The second-order valence-corrected chi connectivity index (χ2v) is 8.04. The average molecular weight is 459 g/mol. The normalized spacial score (nSPS) is 11.2. The summed E-state index contributed by atoms with van der Waals surface area (Å²) < 4.78 is 17.0. The van der Waals surface area contributed by atoms with E-state index in [4.69, 9.17) is 5.21 Å². The lowest BCUT2D eigenvalue weighted by atomic mass is 10.1. The van der Waals surface area contributed by atoms with Crippen molar-refractivity contribution in [1.29, 1.82) is 0 Å². The third-order valence-electron chi connectivity index (χ3n) is 4.45. The highest BCUT2D eigenvalue weighted by atomic mass is 32.2. The van der Waals surface area contributed by atoms with Gasteiger partial charge in [-0.15, -0.1) is 0 Å². The number of aromatic nitrogens is 4. The molecular weight excluding hydrogens is 440 g/mol. The van der Waals surface area contributed by atoms with E-state index < -0.39 is 16.9 Å². The number of nitrogens with one attached hydrogen (secondary N) is 2. The highest BCUT2D eigenvalue weighted by Crippen LogP contribution is 2.23. The van der Waals surface area contributed by atoms with Crippen LogP contribution in [0.1, 0.15) is 21.5 Å². The number of carbonyl (C=O) groups is 1. The van der Waals surface area contributed by atoms with Crippen LogP contribution in [0.3, 0.4) is 0 Å². The van der Waals surface area contributed by atoms with E-state index >= 15 is 0 Å². The van der Waals surface area contributed by atoms with E-state index in [0.29, 0.717) is 16.3 Å². The molecule has 0 radical (unpaired) electrons. The number of hydroxylamine groups is 1. The summed E-state index contributed by atoms with van der Waals surface area (Å²) in [6.45, 7) is 0. The van der Waals surface area contributed by atoms with Gasteiger partial charge < -0.3 is 4.57 Å². The highest BCUT2D eigenvalue weighted by Gasteiger charge is 2.14. The molecule has 4 rings (SSSR count). The molecule has 1 aromatic carbocycles. The lowest BCUT2D eigenvalue weighted by Gasteiger charge is -2.09. The van der Waals surface area contributed by atoms with E-state index in [1.807, 2.05) is 36.4 Å². The first-order chi connectivity index (χ1) is 16.0. The zero-order valence-corrected chi connectivity index (χ0v) is 18.2. The number of anilines is 1. The van der Waals surface area contributed by atoms with Crippen molar-refractivity contribution in [3.63, 3.8) is 0 Å². The fourth-order valence-corrected chi connectivity index (χ4v) is 3.67. The third kappa shape index (κ3) is 5.48. The van der Waals surface area contributed by atoms with Gasteiger partial charge in [0.25, 0.3) is 5.91 Å². The van der Waals surface area contributed by atoms with Crippen LogP contribution < -0.4 is 10.2 Å². The first-order valence-corrected chi connectivity index (χ1v) is 10.8. The van der Waals surface area contributed by atoms with Crippen molar-refractivity contribution < 1.29 is 14.2 Å². The fraction of sp³-hybridized carbons (Fsp3) is 0.0435. The van der Waals surface area contributed by atoms with Gasteiger partial charge in [0.15, 0.2) is 16.0 Å². The number of aryl methyl sites for hydroxylation is 1. The van der Waals surface area contributed by atoms with Crippen molar-refractivity contribution >= 4 is 22.7 Å². The van der Waals surface area contributed by atoms with Gasteiger partial charge in [-0.3, -0.25) is 19.7 Å². The summed E-state index contributed by atoms with van der Waals surface area (Å²) >= 11 is 0. The van der Waals surface area contributed by atoms with Gasteiger partial charge in [-0.1, -0.05) is 24.0 Å². The zero-order chi connectivity index (χ0) is 23.2. The second kappa shape index (κ2) is 9.86. The zero-order valence-electron chi connectivity index (χ0n) is 17.4. The number of pyridine rings is 2. The molecule has 10 heteroatoms. The summed E-state index contributed by atoms with van der Waals surface area (Å²) in [5.41, 5.74) is 4.51. The van der Waals surface area contributed by atoms with Gasteiger partial charge in [0.2, 0.25) is 0 Å². The van der Waals surface area contributed by atoms with Crippen LogP contribution in [0.15, 0.2) is 78.5 Å². The summed E-state index contributed by atoms with van der Waals surface area (Å²) in [4.78, 5) is 24.6. The minimum atomic E-state index is -1.69. The fourth-order valence-electron chi connectivity index (χ4n) is 2.86. The Morgan fingerprint density at radius 1 is 1.12 bits per heavy atom. The van der Waals surface area contributed by atoms with Crippen molar-refractivity contribution in [2.24, 2.45) is 7.05 Å². The largest absolute Gasteiger partial charge is 0.339 e. The molecule has 164 valence electrons. The molecular formula is C23H18N6O3S. The Labute approximate surface area is 192 Å². The Hall–Kier alpha value is -4.33. The number of nitrogens with zero attached hydrogens (tertiary/aromatic N) is 4. The van der Waals surface area contributed by atoms with E-state index in [2.05, 4.69) is 31.5 Å². The lowest BCUT2D eigenvalue weighted by molar-refractivity contribution is 0.0706. The monoisotopic (exact) mass is 458 g/mol. The smallest absolute Gasteiger partial charge is 0.274 e. The van der Waals surface area contributed by atoms with Crippen LogP contribution in [-0.2, 0) is 18.0 Å². The topological polar surface area (TPSA) is 122 Å². The maximum Gasteiger partial charge on any atom is 0.274 e. The number of hydrogen-bond donors (Lipinski definition) is 3. The highest BCUT2D eigenvalue weighted by molar-refractivity contribution is 7.86. The average Bonchev–Trinajstić information content (AvgIpc) is 3.29. The number of hydrogen-bond acceptors (Lipinski definition) is 6. The molecule has 0 spiro atoms. The van der Waals surface area contributed by atoms with Crippen molar-refractivity contribution in [2.45, 2.75) is 5.03 Å². The molecule has 1 amide bonds. The number of rotatable bonds is 5. The molecule has 3 heterocycles. The predicted molar refractivity (Wildman–Crippen MR) is 122 cm³/mol. The Morgan fingerprint density at radius 3 is 2.58 bits per heavy atom. The Kier molecular flexibility index (Phi) is 6.54. The van der Waals surface area contributed by atoms with Gasteiger partial charge in [-0.25, -0.2) is 19.7 Å². The SMILES string of the molecule is Cn1cnc(S(=O)Nc2cc(C(=O)NO)cc(-c3ccc(C#Cc4cccnc4)cc3)n2)c1. The standard InChI is InChI=1S/C23H18N6O3S/c1-29-14-22(25-15-29)33(32)28-21-12-19(23(30)27-31)11-20(26-21)18-8-6-16(7-9-18)4-5-17-3-2-10-24-13-17/h2-3,6-15,31H,1H3,(H,26,28)(H,27,30). The molecule has 3 N–H and O–H groups in total. The van der Waals surface area contributed by atoms with Crippen molar-refractivity contribution in [3.8, 4) is 23.1 Å². The van der Waals surface area contributed by atoms with E-state index in [1.54, 1.807) is 35.7 Å². The van der Waals surface area contributed by atoms with Crippen molar-refractivity contribution in [2.75, 3.05) is 4.72 Å². The maximum atomic E-state index is 12.6.